The van der Waals surface area contributed by atoms with E-state index >= 15 is 0 Å². The molecule has 1 heterocycles. The first-order valence-electron chi connectivity index (χ1n) is 9.65. The average Bonchev–Trinajstić information content (AvgIpc) is 2.82. The van der Waals surface area contributed by atoms with Gasteiger partial charge in [-0.1, -0.05) is 58.7 Å². The molecule has 1 aromatic carbocycles. The normalized spacial score (nSPS) is 30.0. The minimum Gasteiger partial charge on any atom is -0.319 e. The molecule has 1 fully saturated rings. The number of fused-ring (bicyclic) bond motifs is 1. The molecule has 3 heteroatoms. The van der Waals surface area contributed by atoms with Gasteiger partial charge in [0.2, 0.25) is 0 Å². The zero-order valence-corrected chi connectivity index (χ0v) is 15.6. The molecule has 0 radical (unpaired) electrons. The van der Waals surface area contributed by atoms with Crippen LogP contribution in [-0.2, 0) is 0 Å². The molecule has 1 amide bonds. The van der Waals surface area contributed by atoms with E-state index in [4.69, 9.17) is 0 Å². The Morgan fingerprint density at radius 3 is 2.71 bits per heavy atom. The summed E-state index contributed by atoms with van der Waals surface area (Å²) in [4.78, 5) is 15.0. The Labute approximate surface area is 146 Å². The van der Waals surface area contributed by atoms with E-state index in [9.17, 15) is 4.79 Å². The number of hydrogen-bond donors (Lipinski definition) is 1. The highest BCUT2D eigenvalue weighted by molar-refractivity contribution is 5.99. The van der Waals surface area contributed by atoms with Gasteiger partial charge in [-0.25, -0.2) is 0 Å². The Kier molecular flexibility index (Phi) is 5.29. The Morgan fingerprint density at radius 1 is 1.21 bits per heavy atom. The van der Waals surface area contributed by atoms with Gasteiger partial charge in [0.05, 0.1) is 0 Å². The third-order valence-electron chi connectivity index (χ3n) is 6.08. The number of nitrogens with zero attached hydrogens (tertiary/aromatic N) is 1. The molecule has 3 nitrogen and oxygen atoms in total. The smallest absolute Gasteiger partial charge is 0.255 e. The molecule has 1 aromatic rings. The summed E-state index contributed by atoms with van der Waals surface area (Å²) in [5.41, 5.74) is 2.05. The van der Waals surface area contributed by atoms with Crippen molar-refractivity contribution < 1.29 is 4.79 Å². The quantitative estimate of drug-likeness (QED) is 0.856. The third kappa shape index (κ3) is 3.37. The summed E-state index contributed by atoms with van der Waals surface area (Å²) in [6.07, 6.45) is 4.93. The molecule has 1 aliphatic carbocycles. The van der Waals surface area contributed by atoms with Crippen LogP contribution in [0.4, 0.5) is 0 Å². The zero-order valence-electron chi connectivity index (χ0n) is 15.6. The van der Waals surface area contributed by atoms with Crippen molar-refractivity contribution >= 4 is 5.91 Å². The predicted molar refractivity (Wildman–Crippen MR) is 98.8 cm³/mol. The fourth-order valence-electron chi connectivity index (χ4n) is 4.20. The number of rotatable bonds is 5. The van der Waals surface area contributed by atoms with Crippen LogP contribution < -0.4 is 5.32 Å². The molecule has 0 bridgehead atoms. The number of carbonyl (C=O) groups excluding carboxylic acids is 1. The molecule has 0 spiro atoms. The average molecular weight is 329 g/mol. The predicted octanol–water partition coefficient (Wildman–Crippen LogP) is 4.60. The van der Waals surface area contributed by atoms with E-state index in [1.807, 2.05) is 12.1 Å². The second-order valence-electron chi connectivity index (χ2n) is 8.21. The molecule has 24 heavy (non-hydrogen) atoms. The van der Waals surface area contributed by atoms with Crippen molar-refractivity contribution in [3.8, 4) is 0 Å². The SMILES string of the molecule is CC(C)CCN1C(=O)c2ccccc2C1NC1CCCC(C)C1C. The van der Waals surface area contributed by atoms with Crippen molar-refractivity contribution in [2.45, 2.75) is 65.6 Å². The van der Waals surface area contributed by atoms with Gasteiger partial charge < -0.3 is 4.90 Å². The molecule has 1 N–H and O–H groups in total. The van der Waals surface area contributed by atoms with Gasteiger partial charge in [0, 0.05) is 23.7 Å². The van der Waals surface area contributed by atoms with Gasteiger partial charge in [-0.15, -0.1) is 0 Å². The van der Waals surface area contributed by atoms with Crippen LogP contribution in [0.25, 0.3) is 0 Å². The van der Waals surface area contributed by atoms with Crippen LogP contribution in [0.15, 0.2) is 24.3 Å². The van der Waals surface area contributed by atoms with E-state index in [0.717, 1.165) is 30.0 Å². The lowest BCUT2D eigenvalue weighted by Crippen LogP contribution is -2.47. The zero-order chi connectivity index (χ0) is 17.3. The lowest BCUT2D eigenvalue weighted by atomic mass is 9.78. The number of amides is 1. The van der Waals surface area contributed by atoms with E-state index in [1.165, 1.54) is 19.3 Å². The van der Waals surface area contributed by atoms with E-state index in [-0.39, 0.29) is 12.1 Å². The second-order valence-corrected chi connectivity index (χ2v) is 8.21. The molecule has 132 valence electrons. The van der Waals surface area contributed by atoms with Crippen molar-refractivity contribution in [3.63, 3.8) is 0 Å². The van der Waals surface area contributed by atoms with Crippen LogP contribution in [0.2, 0.25) is 0 Å². The van der Waals surface area contributed by atoms with Crippen molar-refractivity contribution in [1.29, 1.82) is 0 Å². The van der Waals surface area contributed by atoms with Gasteiger partial charge >= 0.3 is 0 Å². The first-order chi connectivity index (χ1) is 11.5. The molecule has 0 aromatic heterocycles. The maximum absolute atomic E-state index is 12.9. The summed E-state index contributed by atoms with van der Waals surface area (Å²) in [5.74, 6) is 2.22. The lowest BCUT2D eigenvalue weighted by molar-refractivity contribution is 0.0632. The summed E-state index contributed by atoms with van der Waals surface area (Å²) in [5, 5.41) is 3.86. The van der Waals surface area contributed by atoms with Crippen molar-refractivity contribution in [2.75, 3.05) is 6.54 Å². The highest BCUT2D eigenvalue weighted by atomic mass is 16.2. The molecule has 1 saturated carbocycles. The van der Waals surface area contributed by atoms with E-state index in [2.05, 4.69) is 50.0 Å². The highest BCUT2D eigenvalue weighted by Gasteiger charge is 2.39. The minimum atomic E-state index is 0.0465. The van der Waals surface area contributed by atoms with Gasteiger partial charge in [-0.2, -0.15) is 0 Å². The Morgan fingerprint density at radius 2 is 1.96 bits per heavy atom. The second kappa shape index (κ2) is 7.26. The monoisotopic (exact) mass is 328 g/mol. The van der Waals surface area contributed by atoms with Crippen LogP contribution in [0.3, 0.4) is 0 Å². The van der Waals surface area contributed by atoms with Crippen LogP contribution in [0.5, 0.6) is 0 Å². The fraction of sp³-hybridized carbons (Fsp3) is 0.667. The van der Waals surface area contributed by atoms with Crippen molar-refractivity contribution in [1.82, 2.24) is 10.2 Å². The summed E-state index contributed by atoms with van der Waals surface area (Å²) in [7, 11) is 0. The van der Waals surface area contributed by atoms with E-state index < -0.39 is 0 Å². The molecule has 3 rings (SSSR count). The molecule has 4 unspecified atom stereocenters. The van der Waals surface area contributed by atoms with Crippen molar-refractivity contribution in [3.05, 3.63) is 35.4 Å². The number of benzene rings is 1. The van der Waals surface area contributed by atoms with Gasteiger partial charge in [-0.3, -0.25) is 10.1 Å². The maximum atomic E-state index is 12.9. The largest absolute Gasteiger partial charge is 0.319 e. The molecular formula is C21H32N2O. The first-order valence-corrected chi connectivity index (χ1v) is 9.65. The number of nitrogens with one attached hydrogen (secondary N) is 1. The van der Waals surface area contributed by atoms with Gasteiger partial charge in [-0.05, 0) is 36.7 Å². The maximum Gasteiger partial charge on any atom is 0.255 e. The van der Waals surface area contributed by atoms with Crippen molar-refractivity contribution in [2.24, 2.45) is 17.8 Å². The van der Waals surface area contributed by atoms with Gasteiger partial charge in [0.25, 0.3) is 5.91 Å². The number of carbonyl (C=O) groups is 1. The fourth-order valence-corrected chi connectivity index (χ4v) is 4.20. The summed E-state index contributed by atoms with van der Waals surface area (Å²) in [6.45, 7) is 10.0. The summed E-state index contributed by atoms with van der Waals surface area (Å²) in [6, 6.07) is 8.63. The van der Waals surface area contributed by atoms with Gasteiger partial charge in [0.1, 0.15) is 6.17 Å². The summed E-state index contributed by atoms with van der Waals surface area (Å²) < 4.78 is 0. The van der Waals surface area contributed by atoms with Crippen LogP contribution in [0, 0.1) is 17.8 Å². The standard InChI is InChI=1S/C21H32N2O/c1-14(2)12-13-23-20(17-9-5-6-10-18(17)21(23)24)22-19-11-7-8-15(3)16(19)4/h5-6,9-10,14-16,19-20,22H,7-8,11-13H2,1-4H3. The molecule has 4 atom stereocenters. The Bertz CT molecular complexity index is 583. The van der Waals surface area contributed by atoms with E-state index in [0.29, 0.717) is 17.9 Å². The topological polar surface area (TPSA) is 32.3 Å². The summed E-state index contributed by atoms with van der Waals surface area (Å²) >= 11 is 0. The first kappa shape index (κ1) is 17.5. The minimum absolute atomic E-state index is 0.0465. The molecule has 0 saturated heterocycles. The lowest BCUT2D eigenvalue weighted by Gasteiger charge is -2.38. The van der Waals surface area contributed by atoms with Crippen LogP contribution >= 0.6 is 0 Å². The highest BCUT2D eigenvalue weighted by Crippen LogP contribution is 2.36. The molecular weight excluding hydrogens is 296 g/mol. The third-order valence-corrected chi connectivity index (χ3v) is 6.08. The van der Waals surface area contributed by atoms with Gasteiger partial charge in [0.15, 0.2) is 0 Å². The van der Waals surface area contributed by atoms with Crippen LogP contribution in [-0.4, -0.2) is 23.4 Å². The van der Waals surface area contributed by atoms with E-state index in [1.54, 1.807) is 0 Å². The van der Waals surface area contributed by atoms with Crippen LogP contribution in [0.1, 0.15) is 75.5 Å². The molecule has 1 aliphatic heterocycles. The Balaban J connectivity index is 1.82. The number of hydrogen-bond acceptors (Lipinski definition) is 2. The molecule has 2 aliphatic rings. The Hall–Kier alpha value is -1.35.